The van der Waals surface area contributed by atoms with Crippen molar-refractivity contribution in [3.8, 4) is 0 Å². The zero-order valence-corrected chi connectivity index (χ0v) is 20.9. The summed E-state index contributed by atoms with van der Waals surface area (Å²) in [6.07, 6.45) is 20.1. The molecule has 6 atom stereocenters. The van der Waals surface area contributed by atoms with Gasteiger partial charge in [-0.1, -0.05) is 64.9 Å². The molecule has 0 aromatic heterocycles. The highest BCUT2D eigenvalue weighted by atomic mass is 16.5. The Morgan fingerprint density at radius 3 is 2.47 bits per heavy atom. The minimum absolute atomic E-state index is 0.0409. The molecule has 4 rings (SSSR count). The van der Waals surface area contributed by atoms with Gasteiger partial charge >= 0.3 is 5.97 Å². The van der Waals surface area contributed by atoms with E-state index in [4.69, 9.17) is 4.74 Å². The number of carbonyl (C=O) groups excluding carboxylic acids is 2. The lowest BCUT2D eigenvalue weighted by Crippen LogP contribution is -2.51. The van der Waals surface area contributed by atoms with Gasteiger partial charge in [-0.3, -0.25) is 9.59 Å². The molecule has 0 aliphatic heterocycles. The Kier molecular flexibility index (Phi) is 7.52. The Morgan fingerprint density at radius 2 is 1.69 bits per heavy atom. The molecule has 4 aliphatic rings. The highest BCUT2D eigenvalue weighted by molar-refractivity contribution is 5.91. The van der Waals surface area contributed by atoms with Crippen LogP contribution in [0.3, 0.4) is 0 Å². The molecule has 0 radical (unpaired) electrons. The third-order valence-corrected chi connectivity index (χ3v) is 10.1. The third kappa shape index (κ3) is 4.60. The summed E-state index contributed by atoms with van der Waals surface area (Å²) in [4.78, 5) is 24.7. The maximum atomic E-state index is 12.6. The first kappa shape index (κ1) is 24.0. The lowest BCUT2D eigenvalue weighted by Gasteiger charge is -2.57. The predicted molar refractivity (Wildman–Crippen MR) is 129 cm³/mol. The van der Waals surface area contributed by atoms with Crippen LogP contribution < -0.4 is 0 Å². The molecule has 0 spiro atoms. The van der Waals surface area contributed by atoms with Crippen molar-refractivity contribution in [2.45, 2.75) is 130 Å². The summed E-state index contributed by atoms with van der Waals surface area (Å²) in [5.41, 5.74) is 1.82. The zero-order chi connectivity index (χ0) is 22.8. The van der Waals surface area contributed by atoms with Crippen LogP contribution in [-0.2, 0) is 14.3 Å². The molecule has 3 fully saturated rings. The smallest absolute Gasteiger partial charge is 0.306 e. The number of hydrogen-bond donors (Lipinski definition) is 0. The lowest BCUT2D eigenvalue weighted by atomic mass is 9.47. The van der Waals surface area contributed by atoms with E-state index < -0.39 is 0 Å². The largest absolute Gasteiger partial charge is 0.462 e. The van der Waals surface area contributed by atoms with Crippen LogP contribution in [-0.4, -0.2) is 17.9 Å². The molecular formula is C29H46O3. The highest BCUT2D eigenvalue weighted by Crippen LogP contribution is 2.65. The fourth-order valence-corrected chi connectivity index (χ4v) is 8.15. The van der Waals surface area contributed by atoms with Gasteiger partial charge in [0.05, 0.1) is 0 Å². The van der Waals surface area contributed by atoms with Crippen LogP contribution in [0.4, 0.5) is 0 Å². The van der Waals surface area contributed by atoms with Crippen molar-refractivity contribution >= 4 is 11.8 Å². The molecule has 0 aromatic carbocycles. The summed E-state index contributed by atoms with van der Waals surface area (Å²) < 4.78 is 6.16. The topological polar surface area (TPSA) is 43.4 Å². The minimum Gasteiger partial charge on any atom is -0.462 e. The Balaban J connectivity index is 1.31. The van der Waals surface area contributed by atoms with Crippen LogP contribution >= 0.6 is 0 Å². The van der Waals surface area contributed by atoms with Crippen molar-refractivity contribution in [1.29, 1.82) is 0 Å². The van der Waals surface area contributed by atoms with E-state index in [1.165, 1.54) is 63.4 Å². The summed E-state index contributed by atoms with van der Waals surface area (Å²) in [5, 5.41) is 0. The van der Waals surface area contributed by atoms with Gasteiger partial charge in [0.15, 0.2) is 5.78 Å². The molecule has 3 heteroatoms. The number of ether oxygens (including phenoxy) is 1. The fraction of sp³-hybridized carbons (Fsp3) is 0.862. The highest BCUT2D eigenvalue weighted by Gasteiger charge is 2.59. The van der Waals surface area contributed by atoms with Crippen molar-refractivity contribution in [2.75, 3.05) is 0 Å². The van der Waals surface area contributed by atoms with Gasteiger partial charge in [-0.2, -0.15) is 0 Å². The van der Waals surface area contributed by atoms with E-state index in [9.17, 15) is 9.59 Å². The second kappa shape index (κ2) is 10.0. The molecule has 3 unspecified atom stereocenters. The van der Waals surface area contributed by atoms with Crippen molar-refractivity contribution in [1.82, 2.24) is 0 Å². The number of carbonyl (C=O) groups is 2. The van der Waals surface area contributed by atoms with Gasteiger partial charge < -0.3 is 4.74 Å². The molecule has 0 saturated heterocycles. The molecule has 0 N–H and O–H groups in total. The van der Waals surface area contributed by atoms with Gasteiger partial charge in [0.25, 0.3) is 0 Å². The minimum atomic E-state index is 0.0409. The van der Waals surface area contributed by atoms with Crippen LogP contribution in [0, 0.1) is 28.6 Å². The Hall–Kier alpha value is -1.12. The van der Waals surface area contributed by atoms with E-state index in [0.717, 1.165) is 44.4 Å². The van der Waals surface area contributed by atoms with E-state index in [2.05, 4.69) is 20.8 Å². The Morgan fingerprint density at radius 1 is 0.938 bits per heavy atom. The number of rotatable bonds is 9. The van der Waals surface area contributed by atoms with Crippen LogP contribution in [0.25, 0.3) is 0 Å². The Labute approximate surface area is 196 Å². The summed E-state index contributed by atoms with van der Waals surface area (Å²) in [6.45, 7) is 7.11. The van der Waals surface area contributed by atoms with Gasteiger partial charge in [0, 0.05) is 18.3 Å². The summed E-state index contributed by atoms with van der Waals surface area (Å²) >= 11 is 0. The molecule has 32 heavy (non-hydrogen) atoms. The van der Waals surface area contributed by atoms with E-state index >= 15 is 0 Å². The molecular weight excluding hydrogens is 396 g/mol. The van der Waals surface area contributed by atoms with Crippen molar-refractivity contribution < 1.29 is 14.3 Å². The Bertz CT molecular complexity index is 724. The first-order valence-corrected chi connectivity index (χ1v) is 13.8. The average Bonchev–Trinajstić information content (AvgIpc) is 3.10. The van der Waals surface area contributed by atoms with Crippen molar-refractivity contribution in [2.24, 2.45) is 28.6 Å². The maximum Gasteiger partial charge on any atom is 0.306 e. The van der Waals surface area contributed by atoms with Gasteiger partial charge in [-0.25, -0.2) is 0 Å². The van der Waals surface area contributed by atoms with Gasteiger partial charge in [0.2, 0.25) is 0 Å². The molecule has 0 amide bonds. The number of fused-ring (bicyclic) bond motifs is 5. The van der Waals surface area contributed by atoms with Crippen LogP contribution in [0.2, 0.25) is 0 Å². The van der Waals surface area contributed by atoms with Crippen LogP contribution in [0.15, 0.2) is 11.6 Å². The first-order chi connectivity index (χ1) is 15.4. The van der Waals surface area contributed by atoms with Gasteiger partial charge in [-0.05, 0) is 80.6 Å². The van der Waals surface area contributed by atoms with Crippen LogP contribution in [0.1, 0.15) is 124 Å². The first-order valence-electron chi connectivity index (χ1n) is 13.8. The molecule has 0 heterocycles. The normalized spacial score (nSPS) is 38.5. The SMILES string of the molecule is CCCCCCCCCC(=O)O[C@H]1CCC2C3CCC4=CC(=O)CC[C@]4(C)C3CC[C@@]21C. The van der Waals surface area contributed by atoms with E-state index in [-0.39, 0.29) is 22.9 Å². The van der Waals surface area contributed by atoms with E-state index in [1.54, 1.807) is 0 Å². The van der Waals surface area contributed by atoms with Crippen molar-refractivity contribution in [3.63, 3.8) is 0 Å². The zero-order valence-electron chi connectivity index (χ0n) is 20.9. The van der Waals surface area contributed by atoms with Gasteiger partial charge in [-0.15, -0.1) is 0 Å². The summed E-state index contributed by atoms with van der Waals surface area (Å²) in [7, 11) is 0. The average molecular weight is 443 g/mol. The fourth-order valence-electron chi connectivity index (χ4n) is 8.15. The van der Waals surface area contributed by atoms with E-state index in [0.29, 0.717) is 24.0 Å². The number of esters is 1. The quantitative estimate of drug-likeness (QED) is 0.273. The second-order valence-electron chi connectivity index (χ2n) is 11.9. The monoisotopic (exact) mass is 442 g/mol. The standard InChI is InChI=1S/C29H46O3/c1-4-5-6-7-8-9-10-11-27(31)32-26-15-14-24-23-13-12-21-20-22(30)16-18-28(21,2)25(23)17-19-29(24,26)3/h20,23-26H,4-19H2,1-3H3/t23?,24?,25?,26-,28-,29-/m0/s1. The summed E-state index contributed by atoms with van der Waals surface area (Å²) in [5.74, 6) is 2.49. The third-order valence-electron chi connectivity index (χ3n) is 10.1. The molecule has 180 valence electrons. The van der Waals surface area contributed by atoms with Gasteiger partial charge in [0.1, 0.15) is 6.10 Å². The number of ketones is 1. The van der Waals surface area contributed by atoms with E-state index in [1.807, 2.05) is 6.08 Å². The summed E-state index contributed by atoms with van der Waals surface area (Å²) in [6, 6.07) is 0. The van der Waals surface area contributed by atoms with Crippen molar-refractivity contribution in [3.05, 3.63) is 11.6 Å². The number of allylic oxidation sites excluding steroid dienone is 1. The molecule has 0 bridgehead atoms. The molecule has 3 saturated carbocycles. The number of unbranched alkanes of at least 4 members (excludes halogenated alkanes) is 6. The maximum absolute atomic E-state index is 12.6. The number of hydrogen-bond acceptors (Lipinski definition) is 3. The second-order valence-corrected chi connectivity index (χ2v) is 11.9. The molecule has 0 aromatic rings. The molecule has 4 aliphatic carbocycles. The van der Waals surface area contributed by atoms with Crippen LogP contribution in [0.5, 0.6) is 0 Å². The predicted octanol–water partition coefficient (Wildman–Crippen LogP) is 7.57. The molecule has 3 nitrogen and oxygen atoms in total. The lowest BCUT2D eigenvalue weighted by molar-refractivity contribution is -0.160.